The maximum Gasteiger partial charge on any atom is 0.234 e. The molecular weight excluding hydrogens is 283 g/mol. The van der Waals surface area contributed by atoms with Gasteiger partial charge in [0.05, 0.1) is 6.54 Å². The Labute approximate surface area is 124 Å². The molecule has 106 valence electrons. The summed E-state index contributed by atoms with van der Waals surface area (Å²) >= 11 is 12.0. The second-order valence-electron chi connectivity index (χ2n) is 4.65. The Morgan fingerprint density at radius 3 is 2.58 bits per heavy atom. The number of hydrogen-bond donors (Lipinski definition) is 2. The van der Waals surface area contributed by atoms with Crippen molar-refractivity contribution >= 4 is 29.1 Å². The summed E-state index contributed by atoms with van der Waals surface area (Å²) in [6.07, 6.45) is 0.921. The van der Waals surface area contributed by atoms with Gasteiger partial charge in [-0.15, -0.1) is 0 Å². The van der Waals surface area contributed by atoms with Gasteiger partial charge >= 0.3 is 0 Å². The summed E-state index contributed by atoms with van der Waals surface area (Å²) in [5.74, 6) is -0.00807. The van der Waals surface area contributed by atoms with E-state index < -0.39 is 0 Å². The van der Waals surface area contributed by atoms with Gasteiger partial charge in [0.2, 0.25) is 5.91 Å². The van der Waals surface area contributed by atoms with Crippen molar-refractivity contribution in [3.05, 3.63) is 33.8 Å². The molecule has 0 aromatic heterocycles. The molecule has 0 saturated heterocycles. The van der Waals surface area contributed by atoms with Crippen molar-refractivity contribution in [1.82, 2.24) is 10.6 Å². The number of halogens is 2. The zero-order valence-electron chi connectivity index (χ0n) is 11.5. The van der Waals surface area contributed by atoms with Gasteiger partial charge in [-0.2, -0.15) is 0 Å². The summed E-state index contributed by atoms with van der Waals surface area (Å²) in [5, 5.41) is 7.27. The van der Waals surface area contributed by atoms with Crippen molar-refractivity contribution in [2.75, 3.05) is 6.54 Å². The number of carbonyl (C=O) groups is 1. The van der Waals surface area contributed by atoms with E-state index in [2.05, 4.69) is 10.6 Å². The van der Waals surface area contributed by atoms with Gasteiger partial charge in [0.25, 0.3) is 0 Å². The Kier molecular flexibility index (Phi) is 6.63. The van der Waals surface area contributed by atoms with Gasteiger partial charge < -0.3 is 10.6 Å². The molecule has 0 heterocycles. The van der Waals surface area contributed by atoms with E-state index >= 15 is 0 Å². The number of amides is 1. The van der Waals surface area contributed by atoms with Crippen LogP contribution in [0.1, 0.15) is 38.8 Å². The standard InChI is InChI=1S/C14H20Cl2N2O/c1-4-9(2)18-14(19)8-17-10(3)12-6-5-11(15)7-13(12)16/h5-7,9-10,17H,4,8H2,1-3H3,(H,18,19). The average molecular weight is 303 g/mol. The second-order valence-corrected chi connectivity index (χ2v) is 5.49. The third-order valence-corrected chi connectivity index (χ3v) is 3.58. The van der Waals surface area contributed by atoms with E-state index in [0.29, 0.717) is 10.0 Å². The van der Waals surface area contributed by atoms with Crippen LogP contribution < -0.4 is 10.6 Å². The first kappa shape index (κ1) is 16.3. The molecule has 0 spiro atoms. The molecule has 2 N–H and O–H groups in total. The fourth-order valence-electron chi connectivity index (χ4n) is 1.64. The molecule has 2 atom stereocenters. The molecule has 0 fully saturated rings. The van der Waals surface area contributed by atoms with Crippen molar-refractivity contribution in [2.24, 2.45) is 0 Å². The second kappa shape index (κ2) is 7.73. The van der Waals surface area contributed by atoms with Crippen molar-refractivity contribution < 1.29 is 4.79 Å². The Morgan fingerprint density at radius 2 is 2.00 bits per heavy atom. The first-order valence-corrected chi connectivity index (χ1v) is 7.17. The summed E-state index contributed by atoms with van der Waals surface area (Å²) in [6.45, 7) is 6.25. The highest BCUT2D eigenvalue weighted by Gasteiger charge is 2.12. The first-order chi connectivity index (χ1) is 8.93. The van der Waals surface area contributed by atoms with E-state index in [1.54, 1.807) is 12.1 Å². The van der Waals surface area contributed by atoms with E-state index in [4.69, 9.17) is 23.2 Å². The predicted octanol–water partition coefficient (Wildman–Crippen LogP) is 3.56. The molecule has 2 unspecified atom stereocenters. The Hall–Kier alpha value is -0.770. The first-order valence-electron chi connectivity index (χ1n) is 6.41. The van der Waals surface area contributed by atoms with E-state index in [0.717, 1.165) is 12.0 Å². The molecule has 1 aromatic carbocycles. The quantitative estimate of drug-likeness (QED) is 0.843. The molecule has 0 saturated carbocycles. The molecule has 5 heteroatoms. The van der Waals surface area contributed by atoms with E-state index in [1.165, 1.54) is 0 Å². The average Bonchev–Trinajstić information content (AvgIpc) is 2.35. The summed E-state index contributed by atoms with van der Waals surface area (Å²) in [6, 6.07) is 5.56. The summed E-state index contributed by atoms with van der Waals surface area (Å²) in [7, 11) is 0. The maximum absolute atomic E-state index is 11.7. The molecule has 0 aliphatic carbocycles. The summed E-state index contributed by atoms with van der Waals surface area (Å²) < 4.78 is 0. The van der Waals surface area contributed by atoms with Gasteiger partial charge in [-0.1, -0.05) is 36.2 Å². The van der Waals surface area contributed by atoms with Gasteiger partial charge in [-0.25, -0.2) is 0 Å². The van der Waals surface area contributed by atoms with E-state index in [9.17, 15) is 4.79 Å². The minimum absolute atomic E-state index is 0.00699. The van der Waals surface area contributed by atoms with Crippen molar-refractivity contribution in [2.45, 2.75) is 39.3 Å². The predicted molar refractivity (Wildman–Crippen MR) is 80.8 cm³/mol. The van der Waals surface area contributed by atoms with Crippen LogP contribution in [-0.4, -0.2) is 18.5 Å². The Morgan fingerprint density at radius 1 is 1.32 bits per heavy atom. The van der Waals surface area contributed by atoms with Crippen molar-refractivity contribution in [1.29, 1.82) is 0 Å². The lowest BCUT2D eigenvalue weighted by atomic mass is 10.1. The molecule has 3 nitrogen and oxygen atoms in total. The van der Waals surface area contributed by atoms with Crippen LogP contribution in [0.3, 0.4) is 0 Å². The number of hydrogen-bond acceptors (Lipinski definition) is 2. The highest BCUT2D eigenvalue weighted by atomic mass is 35.5. The number of rotatable bonds is 6. The van der Waals surface area contributed by atoms with Gasteiger partial charge in [-0.3, -0.25) is 4.79 Å². The molecule has 1 aromatic rings. The van der Waals surface area contributed by atoms with Gasteiger partial charge in [0, 0.05) is 22.1 Å². The van der Waals surface area contributed by atoms with Gasteiger partial charge in [-0.05, 0) is 38.0 Å². The normalized spacial score (nSPS) is 13.9. The lowest BCUT2D eigenvalue weighted by Gasteiger charge is -2.17. The molecular formula is C14H20Cl2N2O. The number of benzene rings is 1. The monoisotopic (exact) mass is 302 g/mol. The third kappa shape index (κ3) is 5.39. The topological polar surface area (TPSA) is 41.1 Å². The van der Waals surface area contributed by atoms with Crippen LogP contribution in [0.4, 0.5) is 0 Å². The van der Waals surface area contributed by atoms with E-state index in [-0.39, 0.29) is 24.5 Å². The Balaban J connectivity index is 2.51. The molecule has 0 radical (unpaired) electrons. The molecule has 0 aliphatic heterocycles. The number of nitrogens with one attached hydrogen (secondary N) is 2. The maximum atomic E-state index is 11.7. The van der Waals surface area contributed by atoms with Crippen molar-refractivity contribution in [3.8, 4) is 0 Å². The molecule has 0 bridgehead atoms. The van der Waals surface area contributed by atoms with E-state index in [1.807, 2.05) is 26.8 Å². The highest BCUT2D eigenvalue weighted by Crippen LogP contribution is 2.25. The third-order valence-electron chi connectivity index (χ3n) is 3.02. The van der Waals surface area contributed by atoms with Crippen LogP contribution in [0, 0.1) is 0 Å². The van der Waals surface area contributed by atoms with Crippen LogP contribution in [-0.2, 0) is 4.79 Å². The highest BCUT2D eigenvalue weighted by molar-refractivity contribution is 6.35. The Bertz CT molecular complexity index is 437. The van der Waals surface area contributed by atoms with Crippen molar-refractivity contribution in [3.63, 3.8) is 0 Å². The smallest absolute Gasteiger partial charge is 0.234 e. The van der Waals surface area contributed by atoms with Gasteiger partial charge in [0.1, 0.15) is 0 Å². The van der Waals surface area contributed by atoms with Crippen LogP contribution in [0.25, 0.3) is 0 Å². The minimum atomic E-state index is -0.00807. The molecule has 1 amide bonds. The van der Waals surface area contributed by atoms with Crippen LogP contribution in [0.2, 0.25) is 10.0 Å². The van der Waals surface area contributed by atoms with Crippen LogP contribution in [0.15, 0.2) is 18.2 Å². The van der Waals surface area contributed by atoms with Gasteiger partial charge in [0.15, 0.2) is 0 Å². The number of carbonyl (C=O) groups excluding carboxylic acids is 1. The summed E-state index contributed by atoms with van der Waals surface area (Å²) in [5.41, 5.74) is 0.933. The molecule has 19 heavy (non-hydrogen) atoms. The minimum Gasteiger partial charge on any atom is -0.353 e. The zero-order valence-corrected chi connectivity index (χ0v) is 13.0. The SMILES string of the molecule is CCC(C)NC(=O)CNC(C)c1ccc(Cl)cc1Cl. The lowest BCUT2D eigenvalue weighted by molar-refractivity contribution is -0.120. The fourth-order valence-corrected chi connectivity index (χ4v) is 2.21. The molecule has 1 rings (SSSR count). The lowest BCUT2D eigenvalue weighted by Crippen LogP contribution is -2.39. The van der Waals surface area contributed by atoms with Crippen LogP contribution in [0.5, 0.6) is 0 Å². The largest absolute Gasteiger partial charge is 0.353 e. The van der Waals surface area contributed by atoms with Crippen LogP contribution >= 0.6 is 23.2 Å². The molecule has 0 aliphatic rings. The summed E-state index contributed by atoms with van der Waals surface area (Å²) in [4.78, 5) is 11.7. The zero-order chi connectivity index (χ0) is 14.4. The fraction of sp³-hybridized carbons (Fsp3) is 0.500.